The summed E-state index contributed by atoms with van der Waals surface area (Å²) in [6.45, 7) is 11.6. The van der Waals surface area contributed by atoms with Gasteiger partial charge in [-0.05, 0) is 29.7 Å². The average Bonchev–Trinajstić information content (AvgIpc) is 2.45. The third-order valence-corrected chi connectivity index (χ3v) is 3.99. The van der Waals surface area contributed by atoms with Gasteiger partial charge in [0.2, 0.25) is 0 Å². The normalized spacial score (nSPS) is 18.4. The van der Waals surface area contributed by atoms with Crippen molar-refractivity contribution < 1.29 is 0 Å². The van der Waals surface area contributed by atoms with Crippen molar-refractivity contribution in [2.24, 2.45) is 0 Å². The van der Waals surface area contributed by atoms with Crippen molar-refractivity contribution in [1.29, 1.82) is 0 Å². The fourth-order valence-corrected chi connectivity index (χ4v) is 3.01. The Labute approximate surface area is 116 Å². The first kappa shape index (κ1) is 13.7. The Hall–Kier alpha value is -1.76. The highest BCUT2D eigenvalue weighted by atomic mass is 15.1. The number of hydrogen-bond donors (Lipinski definition) is 0. The number of allylic oxidation sites excluding steroid dienone is 4. The van der Waals surface area contributed by atoms with E-state index in [1.165, 1.54) is 22.4 Å². The molecule has 0 saturated heterocycles. The SMILES string of the molecule is C=CC1=C(/C=C\C)N(C)Cc2ccccc2C1(C)C. The predicted molar refractivity (Wildman–Crippen MR) is 83.0 cm³/mol. The summed E-state index contributed by atoms with van der Waals surface area (Å²) in [5.74, 6) is 0. The Morgan fingerprint density at radius 3 is 2.58 bits per heavy atom. The van der Waals surface area contributed by atoms with Crippen LogP contribution in [0, 0.1) is 0 Å². The van der Waals surface area contributed by atoms with E-state index in [-0.39, 0.29) is 5.41 Å². The third-order valence-electron chi connectivity index (χ3n) is 3.99. The Bertz CT molecular complexity index is 547. The molecule has 19 heavy (non-hydrogen) atoms. The highest BCUT2D eigenvalue weighted by Crippen LogP contribution is 2.40. The van der Waals surface area contributed by atoms with Crippen molar-refractivity contribution in [3.05, 3.63) is 71.5 Å². The van der Waals surface area contributed by atoms with Gasteiger partial charge in [0.25, 0.3) is 0 Å². The predicted octanol–water partition coefficient (Wildman–Crippen LogP) is 4.43. The summed E-state index contributed by atoms with van der Waals surface area (Å²) < 4.78 is 0. The van der Waals surface area contributed by atoms with Gasteiger partial charge in [0.1, 0.15) is 0 Å². The Morgan fingerprint density at radius 2 is 1.95 bits per heavy atom. The van der Waals surface area contributed by atoms with Gasteiger partial charge in [0.05, 0.1) is 0 Å². The molecule has 1 aliphatic heterocycles. The number of rotatable bonds is 2. The van der Waals surface area contributed by atoms with Crippen molar-refractivity contribution in [2.45, 2.75) is 32.7 Å². The van der Waals surface area contributed by atoms with Gasteiger partial charge in [-0.3, -0.25) is 0 Å². The molecule has 100 valence electrons. The molecule has 1 nitrogen and oxygen atoms in total. The van der Waals surface area contributed by atoms with E-state index in [0.29, 0.717) is 0 Å². The number of hydrogen-bond acceptors (Lipinski definition) is 1. The highest BCUT2D eigenvalue weighted by molar-refractivity contribution is 5.49. The van der Waals surface area contributed by atoms with Crippen LogP contribution in [0.4, 0.5) is 0 Å². The van der Waals surface area contributed by atoms with Gasteiger partial charge in [0.15, 0.2) is 0 Å². The smallest absolute Gasteiger partial charge is 0.0429 e. The van der Waals surface area contributed by atoms with Crippen LogP contribution in [0.15, 0.2) is 60.3 Å². The lowest BCUT2D eigenvalue weighted by Gasteiger charge is -2.28. The van der Waals surface area contributed by atoms with Crippen LogP contribution >= 0.6 is 0 Å². The minimum atomic E-state index is -0.0159. The van der Waals surface area contributed by atoms with Gasteiger partial charge in [-0.25, -0.2) is 0 Å². The topological polar surface area (TPSA) is 3.24 Å². The zero-order chi connectivity index (χ0) is 14.0. The number of nitrogens with zero attached hydrogens (tertiary/aromatic N) is 1. The van der Waals surface area contributed by atoms with Gasteiger partial charge in [-0.15, -0.1) is 0 Å². The third kappa shape index (κ3) is 2.25. The second kappa shape index (κ2) is 5.08. The molecule has 0 saturated carbocycles. The van der Waals surface area contributed by atoms with Crippen molar-refractivity contribution in [1.82, 2.24) is 4.90 Å². The summed E-state index contributed by atoms with van der Waals surface area (Å²) in [7, 11) is 2.15. The molecule has 1 aromatic carbocycles. The first-order valence-electron chi connectivity index (χ1n) is 6.81. The van der Waals surface area contributed by atoms with Crippen LogP contribution in [-0.4, -0.2) is 11.9 Å². The van der Waals surface area contributed by atoms with Crippen LogP contribution in [0.25, 0.3) is 0 Å². The van der Waals surface area contributed by atoms with E-state index in [4.69, 9.17) is 0 Å². The second-order valence-corrected chi connectivity index (χ2v) is 5.64. The van der Waals surface area contributed by atoms with Crippen LogP contribution < -0.4 is 0 Å². The van der Waals surface area contributed by atoms with Gasteiger partial charge in [-0.1, -0.05) is 56.8 Å². The zero-order valence-electron chi connectivity index (χ0n) is 12.4. The molecule has 0 aromatic heterocycles. The van der Waals surface area contributed by atoms with E-state index >= 15 is 0 Å². The standard InChI is InChI=1S/C18H23N/c1-6-10-17-15(7-2)18(3,4)16-12-9-8-11-14(16)13-19(17)5/h6-12H,2,13H2,1,3-5H3/b10-6-. The summed E-state index contributed by atoms with van der Waals surface area (Å²) in [4.78, 5) is 2.31. The second-order valence-electron chi connectivity index (χ2n) is 5.64. The fraction of sp³-hybridized carbons (Fsp3) is 0.333. The number of fused-ring (bicyclic) bond motifs is 1. The van der Waals surface area contributed by atoms with Crippen LogP contribution in [0.5, 0.6) is 0 Å². The van der Waals surface area contributed by atoms with Crippen LogP contribution in [0.3, 0.4) is 0 Å². The molecule has 0 unspecified atom stereocenters. The van der Waals surface area contributed by atoms with Crippen LogP contribution in [0.2, 0.25) is 0 Å². The average molecular weight is 253 g/mol. The molecular formula is C18H23N. The Morgan fingerprint density at radius 1 is 1.26 bits per heavy atom. The van der Waals surface area contributed by atoms with E-state index < -0.39 is 0 Å². The molecule has 1 aromatic rings. The lowest BCUT2D eigenvalue weighted by atomic mass is 9.75. The molecular weight excluding hydrogens is 230 g/mol. The first-order valence-corrected chi connectivity index (χ1v) is 6.81. The Balaban J connectivity index is 2.73. The monoisotopic (exact) mass is 253 g/mol. The van der Waals surface area contributed by atoms with E-state index in [1.807, 2.05) is 6.08 Å². The van der Waals surface area contributed by atoms with Crippen molar-refractivity contribution >= 4 is 0 Å². The van der Waals surface area contributed by atoms with Crippen molar-refractivity contribution in [3.63, 3.8) is 0 Å². The maximum absolute atomic E-state index is 4.04. The lowest BCUT2D eigenvalue weighted by molar-refractivity contribution is 0.423. The molecule has 1 aliphatic rings. The molecule has 1 heterocycles. The quantitative estimate of drug-likeness (QED) is 0.754. The summed E-state index contributed by atoms with van der Waals surface area (Å²) in [6.07, 6.45) is 6.29. The molecule has 2 rings (SSSR count). The van der Waals surface area contributed by atoms with Crippen molar-refractivity contribution in [3.8, 4) is 0 Å². The van der Waals surface area contributed by atoms with Crippen molar-refractivity contribution in [2.75, 3.05) is 7.05 Å². The molecule has 0 spiro atoms. The summed E-state index contributed by atoms with van der Waals surface area (Å²) in [5, 5.41) is 0. The van der Waals surface area contributed by atoms with E-state index in [2.05, 4.69) is 75.7 Å². The molecule has 0 radical (unpaired) electrons. The highest BCUT2D eigenvalue weighted by Gasteiger charge is 2.31. The van der Waals surface area contributed by atoms with Gasteiger partial charge >= 0.3 is 0 Å². The maximum Gasteiger partial charge on any atom is 0.0429 e. The minimum Gasteiger partial charge on any atom is -0.370 e. The summed E-state index contributed by atoms with van der Waals surface area (Å²) >= 11 is 0. The summed E-state index contributed by atoms with van der Waals surface area (Å²) in [6, 6.07) is 8.72. The zero-order valence-corrected chi connectivity index (χ0v) is 12.4. The molecule has 0 aliphatic carbocycles. The summed E-state index contributed by atoms with van der Waals surface area (Å²) in [5.41, 5.74) is 5.33. The molecule has 0 fully saturated rings. The minimum absolute atomic E-state index is 0.0159. The van der Waals surface area contributed by atoms with Gasteiger partial charge in [0, 0.05) is 24.7 Å². The molecule has 0 N–H and O–H groups in total. The number of likely N-dealkylation sites (N-methyl/N-ethyl adjacent to an activating group) is 1. The molecule has 0 bridgehead atoms. The maximum atomic E-state index is 4.04. The number of benzene rings is 1. The largest absolute Gasteiger partial charge is 0.370 e. The van der Waals surface area contributed by atoms with E-state index in [1.54, 1.807) is 0 Å². The van der Waals surface area contributed by atoms with E-state index in [9.17, 15) is 0 Å². The lowest BCUT2D eigenvalue weighted by Crippen LogP contribution is -2.21. The van der Waals surface area contributed by atoms with Gasteiger partial charge in [-0.2, -0.15) is 0 Å². The molecule has 0 amide bonds. The van der Waals surface area contributed by atoms with Crippen LogP contribution in [0.1, 0.15) is 31.9 Å². The Kier molecular flexibility index (Phi) is 3.66. The molecule has 0 atom stereocenters. The van der Waals surface area contributed by atoms with E-state index in [0.717, 1.165) is 6.54 Å². The fourth-order valence-electron chi connectivity index (χ4n) is 3.01. The van der Waals surface area contributed by atoms with Crippen LogP contribution in [-0.2, 0) is 12.0 Å². The van der Waals surface area contributed by atoms with Gasteiger partial charge < -0.3 is 4.90 Å². The first-order chi connectivity index (χ1) is 9.02. The molecule has 1 heteroatoms.